The van der Waals surface area contributed by atoms with Crippen LogP contribution in [0.1, 0.15) is 15.9 Å². The van der Waals surface area contributed by atoms with Crippen LogP contribution in [0, 0.1) is 0 Å². The van der Waals surface area contributed by atoms with E-state index in [2.05, 4.69) is 10.3 Å². The fourth-order valence-corrected chi connectivity index (χ4v) is 2.52. The van der Waals surface area contributed by atoms with Crippen molar-refractivity contribution in [3.8, 4) is 0 Å². The fraction of sp³-hybridized carbons (Fsp3) is 0.231. The highest BCUT2D eigenvalue weighted by molar-refractivity contribution is 7.07. The third kappa shape index (κ3) is 3.24. The molecule has 2 aromatic rings. The number of halogens is 1. The first-order valence-corrected chi connectivity index (χ1v) is 7.03. The van der Waals surface area contributed by atoms with Gasteiger partial charge < -0.3 is 10.2 Å². The van der Waals surface area contributed by atoms with Crippen LogP contribution >= 0.6 is 22.9 Å². The molecule has 1 amide bonds. The summed E-state index contributed by atoms with van der Waals surface area (Å²) in [6.45, 7) is 0.565. The van der Waals surface area contributed by atoms with Crippen LogP contribution in [0.3, 0.4) is 0 Å². The van der Waals surface area contributed by atoms with Gasteiger partial charge in [0.15, 0.2) is 0 Å². The molecule has 2 heterocycles. The number of aromatic nitrogens is 1. The molecule has 100 valence electrons. The molecule has 0 aliphatic carbocycles. The van der Waals surface area contributed by atoms with Gasteiger partial charge in [-0.25, -0.2) is 4.98 Å². The maximum absolute atomic E-state index is 12.3. The largest absolute Gasteiger partial charge is 0.373 e. The minimum atomic E-state index is -0.116. The van der Waals surface area contributed by atoms with Crippen LogP contribution in [-0.2, 0) is 6.54 Å². The zero-order valence-corrected chi connectivity index (χ0v) is 12.3. The number of nitrogens with one attached hydrogen (secondary N) is 1. The van der Waals surface area contributed by atoms with Crippen molar-refractivity contribution in [1.29, 1.82) is 0 Å². The van der Waals surface area contributed by atoms with E-state index in [1.54, 1.807) is 36.4 Å². The number of hydrogen-bond acceptors (Lipinski definition) is 4. The monoisotopic (exact) mass is 295 g/mol. The molecule has 0 fully saturated rings. The summed E-state index contributed by atoms with van der Waals surface area (Å²) in [5.74, 6) is 0.506. The van der Waals surface area contributed by atoms with Crippen molar-refractivity contribution >= 4 is 34.7 Å². The minimum absolute atomic E-state index is 0.116. The van der Waals surface area contributed by atoms with Gasteiger partial charge in [0.1, 0.15) is 5.82 Å². The summed E-state index contributed by atoms with van der Waals surface area (Å²) in [5.41, 5.74) is 1.57. The van der Waals surface area contributed by atoms with Gasteiger partial charge in [0.25, 0.3) is 5.91 Å². The third-order valence-electron chi connectivity index (χ3n) is 2.69. The Kier molecular flexibility index (Phi) is 4.39. The topological polar surface area (TPSA) is 45.2 Å². The van der Waals surface area contributed by atoms with Gasteiger partial charge in [0, 0.05) is 26.8 Å². The normalized spacial score (nSPS) is 10.3. The molecular weight excluding hydrogens is 282 g/mol. The number of carbonyl (C=O) groups is 1. The van der Waals surface area contributed by atoms with Crippen molar-refractivity contribution in [3.05, 3.63) is 45.2 Å². The molecule has 4 nitrogen and oxygen atoms in total. The minimum Gasteiger partial charge on any atom is -0.373 e. The molecule has 0 radical (unpaired) electrons. The standard InChI is InChI=1S/C13H14ClN3OS/c1-15-12-5-10(11(14)6-16-12)13(18)17(2)7-9-3-4-19-8-9/h3-6,8H,7H2,1-2H3,(H,15,16). The second-order valence-electron chi connectivity index (χ2n) is 4.09. The molecule has 2 rings (SSSR count). The van der Waals surface area contributed by atoms with Crippen molar-refractivity contribution in [2.24, 2.45) is 0 Å². The Morgan fingerprint density at radius 2 is 2.37 bits per heavy atom. The molecule has 0 aliphatic rings. The number of carbonyl (C=O) groups excluding carboxylic acids is 1. The van der Waals surface area contributed by atoms with Gasteiger partial charge >= 0.3 is 0 Å². The van der Waals surface area contributed by atoms with Crippen molar-refractivity contribution in [1.82, 2.24) is 9.88 Å². The van der Waals surface area contributed by atoms with E-state index in [9.17, 15) is 4.79 Å². The van der Waals surface area contributed by atoms with Crippen LogP contribution in [0.2, 0.25) is 5.02 Å². The summed E-state index contributed by atoms with van der Waals surface area (Å²) in [6.07, 6.45) is 1.49. The summed E-state index contributed by atoms with van der Waals surface area (Å²) in [6, 6.07) is 3.66. The van der Waals surface area contributed by atoms with Gasteiger partial charge in [-0.1, -0.05) is 11.6 Å². The maximum Gasteiger partial charge on any atom is 0.255 e. The fourth-order valence-electron chi connectivity index (χ4n) is 1.67. The Morgan fingerprint density at radius 1 is 1.58 bits per heavy atom. The van der Waals surface area contributed by atoms with E-state index in [-0.39, 0.29) is 5.91 Å². The predicted molar refractivity (Wildman–Crippen MR) is 78.9 cm³/mol. The lowest BCUT2D eigenvalue weighted by Gasteiger charge is -2.17. The Hall–Kier alpha value is -1.59. The Labute approximate surface area is 121 Å². The van der Waals surface area contributed by atoms with Crippen LogP contribution in [-0.4, -0.2) is 29.9 Å². The Morgan fingerprint density at radius 3 is 3.00 bits per heavy atom. The van der Waals surface area contributed by atoms with Crippen molar-refractivity contribution < 1.29 is 4.79 Å². The highest BCUT2D eigenvalue weighted by Crippen LogP contribution is 2.20. The molecule has 2 aromatic heterocycles. The van der Waals surface area contributed by atoms with Crippen LogP contribution in [0.15, 0.2) is 29.1 Å². The lowest BCUT2D eigenvalue weighted by Crippen LogP contribution is -2.26. The average Bonchev–Trinajstić information content (AvgIpc) is 2.91. The Balaban J connectivity index is 2.18. The van der Waals surface area contributed by atoms with E-state index in [0.29, 0.717) is 22.9 Å². The van der Waals surface area contributed by atoms with E-state index in [0.717, 1.165) is 5.56 Å². The molecule has 0 saturated heterocycles. The van der Waals surface area contributed by atoms with Gasteiger partial charge in [-0.2, -0.15) is 11.3 Å². The smallest absolute Gasteiger partial charge is 0.255 e. The van der Waals surface area contributed by atoms with Gasteiger partial charge in [0.05, 0.1) is 10.6 Å². The van der Waals surface area contributed by atoms with Gasteiger partial charge in [-0.05, 0) is 28.5 Å². The molecule has 6 heteroatoms. The number of rotatable bonds is 4. The van der Waals surface area contributed by atoms with E-state index >= 15 is 0 Å². The molecule has 0 saturated carbocycles. The zero-order valence-electron chi connectivity index (χ0n) is 10.7. The molecule has 0 spiro atoms. The first kappa shape index (κ1) is 13.8. The SMILES string of the molecule is CNc1cc(C(=O)N(C)Cc2ccsc2)c(Cl)cn1. The van der Waals surface area contributed by atoms with Crippen molar-refractivity contribution in [2.75, 3.05) is 19.4 Å². The number of anilines is 1. The van der Waals surface area contributed by atoms with E-state index in [1.165, 1.54) is 6.20 Å². The van der Waals surface area contributed by atoms with Crippen LogP contribution in [0.4, 0.5) is 5.82 Å². The van der Waals surface area contributed by atoms with Gasteiger partial charge in [-0.15, -0.1) is 0 Å². The lowest BCUT2D eigenvalue weighted by atomic mass is 10.2. The molecule has 19 heavy (non-hydrogen) atoms. The summed E-state index contributed by atoms with van der Waals surface area (Å²) in [4.78, 5) is 18.1. The summed E-state index contributed by atoms with van der Waals surface area (Å²) >= 11 is 7.65. The highest BCUT2D eigenvalue weighted by Gasteiger charge is 2.16. The molecular formula is C13H14ClN3OS. The molecule has 0 unspecified atom stereocenters. The third-order valence-corrected chi connectivity index (χ3v) is 3.72. The lowest BCUT2D eigenvalue weighted by molar-refractivity contribution is 0.0785. The number of pyridine rings is 1. The number of hydrogen-bond donors (Lipinski definition) is 1. The van der Waals surface area contributed by atoms with Gasteiger partial charge in [-0.3, -0.25) is 4.79 Å². The molecule has 0 bridgehead atoms. The van der Waals surface area contributed by atoms with E-state index < -0.39 is 0 Å². The summed E-state index contributed by atoms with van der Waals surface area (Å²) < 4.78 is 0. The first-order chi connectivity index (χ1) is 9.11. The van der Waals surface area contributed by atoms with Crippen molar-refractivity contribution in [3.63, 3.8) is 0 Å². The quantitative estimate of drug-likeness (QED) is 0.942. The highest BCUT2D eigenvalue weighted by atomic mass is 35.5. The second kappa shape index (κ2) is 6.04. The van der Waals surface area contributed by atoms with Gasteiger partial charge in [0.2, 0.25) is 0 Å². The molecule has 0 atom stereocenters. The number of thiophene rings is 1. The average molecular weight is 296 g/mol. The number of amides is 1. The molecule has 1 N–H and O–H groups in total. The predicted octanol–water partition coefficient (Wildman–Crippen LogP) is 3.11. The summed E-state index contributed by atoms with van der Waals surface area (Å²) in [5, 5.41) is 7.27. The van der Waals surface area contributed by atoms with E-state index in [4.69, 9.17) is 11.6 Å². The van der Waals surface area contributed by atoms with Crippen LogP contribution in [0.25, 0.3) is 0 Å². The first-order valence-electron chi connectivity index (χ1n) is 5.71. The van der Waals surface area contributed by atoms with Crippen LogP contribution < -0.4 is 5.32 Å². The zero-order chi connectivity index (χ0) is 13.8. The van der Waals surface area contributed by atoms with E-state index in [1.807, 2.05) is 16.8 Å². The maximum atomic E-state index is 12.3. The van der Waals surface area contributed by atoms with Crippen molar-refractivity contribution in [2.45, 2.75) is 6.54 Å². The Bertz CT molecular complexity index is 571. The molecule has 0 aliphatic heterocycles. The number of nitrogens with zero attached hydrogens (tertiary/aromatic N) is 2. The second-order valence-corrected chi connectivity index (χ2v) is 5.28. The van der Waals surface area contributed by atoms with Crippen LogP contribution in [0.5, 0.6) is 0 Å². The summed E-state index contributed by atoms with van der Waals surface area (Å²) in [7, 11) is 3.51. The molecule has 0 aromatic carbocycles.